The van der Waals surface area contributed by atoms with Gasteiger partial charge in [0.15, 0.2) is 0 Å². The first-order valence-electron chi connectivity index (χ1n) is 5.28. The van der Waals surface area contributed by atoms with Crippen LogP contribution in [0.4, 0.5) is 5.69 Å². The molecule has 1 aliphatic carbocycles. The second kappa shape index (κ2) is 4.44. The summed E-state index contributed by atoms with van der Waals surface area (Å²) in [6, 6.07) is 4.11. The van der Waals surface area contributed by atoms with Crippen molar-refractivity contribution in [3.63, 3.8) is 0 Å². The summed E-state index contributed by atoms with van der Waals surface area (Å²) in [6.45, 7) is 3.17. The number of methoxy groups -OCH3 is 1. The SMILES string of the molecule is COc1cc(Br)cc(C)c1NCC1CC1. The fourth-order valence-corrected chi connectivity index (χ4v) is 2.22. The predicted molar refractivity (Wildman–Crippen MR) is 66.6 cm³/mol. The van der Waals surface area contributed by atoms with Gasteiger partial charge in [-0.15, -0.1) is 0 Å². The second-order valence-electron chi connectivity index (χ2n) is 4.12. The van der Waals surface area contributed by atoms with Gasteiger partial charge >= 0.3 is 0 Å². The standard InChI is InChI=1S/C12H16BrNO/c1-8-5-10(13)6-11(15-2)12(8)14-7-9-3-4-9/h5-6,9,14H,3-4,7H2,1-2H3. The van der Waals surface area contributed by atoms with Crippen LogP contribution >= 0.6 is 15.9 Å². The topological polar surface area (TPSA) is 21.3 Å². The highest BCUT2D eigenvalue weighted by Crippen LogP contribution is 2.34. The molecule has 0 amide bonds. The first kappa shape index (κ1) is 10.8. The van der Waals surface area contributed by atoms with Gasteiger partial charge in [0.2, 0.25) is 0 Å². The number of hydrogen-bond acceptors (Lipinski definition) is 2. The van der Waals surface area contributed by atoms with E-state index in [2.05, 4.69) is 34.2 Å². The molecule has 15 heavy (non-hydrogen) atoms. The summed E-state index contributed by atoms with van der Waals surface area (Å²) in [7, 11) is 1.71. The van der Waals surface area contributed by atoms with E-state index < -0.39 is 0 Å². The van der Waals surface area contributed by atoms with Crippen LogP contribution in [0.5, 0.6) is 5.75 Å². The fraction of sp³-hybridized carbons (Fsp3) is 0.500. The zero-order valence-electron chi connectivity index (χ0n) is 9.14. The van der Waals surface area contributed by atoms with Crippen LogP contribution < -0.4 is 10.1 Å². The first-order chi connectivity index (χ1) is 7.20. The van der Waals surface area contributed by atoms with Gasteiger partial charge in [-0.25, -0.2) is 0 Å². The summed E-state index contributed by atoms with van der Waals surface area (Å²) < 4.78 is 6.43. The summed E-state index contributed by atoms with van der Waals surface area (Å²) in [5, 5.41) is 3.48. The first-order valence-corrected chi connectivity index (χ1v) is 6.08. The average Bonchev–Trinajstić information content (AvgIpc) is 2.99. The summed E-state index contributed by atoms with van der Waals surface area (Å²) in [5.74, 6) is 1.79. The van der Waals surface area contributed by atoms with E-state index in [1.807, 2.05) is 6.07 Å². The molecule has 1 aromatic rings. The van der Waals surface area contributed by atoms with Gasteiger partial charge < -0.3 is 10.1 Å². The van der Waals surface area contributed by atoms with Crippen LogP contribution in [0, 0.1) is 12.8 Å². The van der Waals surface area contributed by atoms with Crippen molar-refractivity contribution in [3.05, 3.63) is 22.2 Å². The second-order valence-corrected chi connectivity index (χ2v) is 5.04. The molecule has 0 aromatic heterocycles. The third-order valence-corrected chi connectivity index (χ3v) is 3.21. The average molecular weight is 270 g/mol. The van der Waals surface area contributed by atoms with Gasteiger partial charge in [0.25, 0.3) is 0 Å². The maximum absolute atomic E-state index is 5.37. The number of ether oxygens (including phenoxy) is 1. The maximum atomic E-state index is 5.37. The number of nitrogens with one attached hydrogen (secondary N) is 1. The maximum Gasteiger partial charge on any atom is 0.143 e. The minimum Gasteiger partial charge on any atom is -0.495 e. The van der Waals surface area contributed by atoms with Gasteiger partial charge in [0.05, 0.1) is 12.8 Å². The number of halogens is 1. The molecule has 1 saturated carbocycles. The van der Waals surface area contributed by atoms with Crippen molar-refractivity contribution in [2.24, 2.45) is 5.92 Å². The highest BCUT2D eigenvalue weighted by molar-refractivity contribution is 9.10. The molecule has 1 aliphatic rings. The molecular formula is C12H16BrNO. The monoisotopic (exact) mass is 269 g/mol. The quantitative estimate of drug-likeness (QED) is 0.902. The molecular weight excluding hydrogens is 254 g/mol. The van der Waals surface area contributed by atoms with Crippen LogP contribution in [0.3, 0.4) is 0 Å². The van der Waals surface area contributed by atoms with Crippen molar-refractivity contribution in [1.29, 1.82) is 0 Å². The third kappa shape index (κ3) is 2.65. The van der Waals surface area contributed by atoms with Gasteiger partial charge in [-0.3, -0.25) is 0 Å². The Balaban J connectivity index is 2.17. The van der Waals surface area contributed by atoms with E-state index in [0.717, 1.165) is 28.4 Å². The Bertz CT molecular complexity index is 361. The smallest absolute Gasteiger partial charge is 0.143 e. The Morgan fingerprint density at radius 3 is 2.80 bits per heavy atom. The number of hydrogen-bond donors (Lipinski definition) is 1. The van der Waals surface area contributed by atoms with Crippen LogP contribution in [0.2, 0.25) is 0 Å². The molecule has 0 bridgehead atoms. The molecule has 0 radical (unpaired) electrons. The van der Waals surface area contributed by atoms with Crippen LogP contribution in [0.25, 0.3) is 0 Å². The predicted octanol–water partition coefficient (Wildman–Crippen LogP) is 3.59. The number of benzene rings is 1. The van der Waals surface area contributed by atoms with Gasteiger partial charge in [-0.1, -0.05) is 15.9 Å². The molecule has 0 spiro atoms. The minimum absolute atomic E-state index is 0.873. The lowest BCUT2D eigenvalue weighted by atomic mass is 10.2. The highest BCUT2D eigenvalue weighted by atomic mass is 79.9. The van der Waals surface area contributed by atoms with E-state index in [4.69, 9.17) is 4.74 Å². The van der Waals surface area contributed by atoms with Crippen LogP contribution in [0.1, 0.15) is 18.4 Å². The number of rotatable bonds is 4. The van der Waals surface area contributed by atoms with Crippen molar-refractivity contribution in [2.75, 3.05) is 19.0 Å². The largest absolute Gasteiger partial charge is 0.495 e. The highest BCUT2D eigenvalue weighted by Gasteiger charge is 2.21. The van der Waals surface area contributed by atoms with Gasteiger partial charge in [-0.05, 0) is 43.4 Å². The Morgan fingerprint density at radius 2 is 2.20 bits per heavy atom. The molecule has 0 saturated heterocycles. The fourth-order valence-electron chi connectivity index (χ4n) is 1.67. The Morgan fingerprint density at radius 1 is 1.47 bits per heavy atom. The molecule has 1 aromatic carbocycles. The van der Waals surface area contributed by atoms with Gasteiger partial charge in [0.1, 0.15) is 5.75 Å². The van der Waals surface area contributed by atoms with Crippen molar-refractivity contribution >= 4 is 21.6 Å². The molecule has 0 atom stereocenters. The lowest BCUT2D eigenvalue weighted by Gasteiger charge is -2.14. The zero-order valence-corrected chi connectivity index (χ0v) is 10.7. The minimum atomic E-state index is 0.873. The summed E-state index contributed by atoms with van der Waals surface area (Å²) >= 11 is 3.47. The van der Waals surface area contributed by atoms with E-state index in [1.165, 1.54) is 18.4 Å². The van der Waals surface area contributed by atoms with Crippen LogP contribution in [-0.2, 0) is 0 Å². The van der Waals surface area contributed by atoms with Crippen molar-refractivity contribution < 1.29 is 4.74 Å². The molecule has 2 nitrogen and oxygen atoms in total. The van der Waals surface area contributed by atoms with Crippen molar-refractivity contribution in [3.8, 4) is 5.75 Å². The normalized spacial score (nSPS) is 15.1. The zero-order chi connectivity index (χ0) is 10.8. The molecule has 0 heterocycles. The Hall–Kier alpha value is -0.700. The van der Waals surface area contributed by atoms with Gasteiger partial charge in [0, 0.05) is 11.0 Å². The summed E-state index contributed by atoms with van der Waals surface area (Å²) in [6.07, 6.45) is 2.73. The molecule has 0 aliphatic heterocycles. The van der Waals surface area contributed by atoms with E-state index in [1.54, 1.807) is 7.11 Å². The Kier molecular flexibility index (Phi) is 3.19. The number of aryl methyl sites for hydroxylation is 1. The van der Waals surface area contributed by atoms with Crippen molar-refractivity contribution in [1.82, 2.24) is 0 Å². The van der Waals surface area contributed by atoms with Crippen LogP contribution in [0.15, 0.2) is 16.6 Å². The van der Waals surface area contributed by atoms with E-state index in [-0.39, 0.29) is 0 Å². The third-order valence-electron chi connectivity index (χ3n) is 2.75. The van der Waals surface area contributed by atoms with Gasteiger partial charge in [-0.2, -0.15) is 0 Å². The molecule has 2 rings (SSSR count). The molecule has 0 unspecified atom stereocenters. The number of anilines is 1. The lowest BCUT2D eigenvalue weighted by molar-refractivity contribution is 0.416. The van der Waals surface area contributed by atoms with E-state index in [0.29, 0.717) is 0 Å². The molecule has 1 fully saturated rings. The molecule has 1 N–H and O–H groups in total. The Labute approximate surface area is 99.1 Å². The van der Waals surface area contributed by atoms with Crippen molar-refractivity contribution in [2.45, 2.75) is 19.8 Å². The van der Waals surface area contributed by atoms with Crippen LogP contribution in [-0.4, -0.2) is 13.7 Å². The molecule has 82 valence electrons. The van der Waals surface area contributed by atoms with E-state index in [9.17, 15) is 0 Å². The summed E-state index contributed by atoms with van der Waals surface area (Å²) in [5.41, 5.74) is 2.36. The molecule has 3 heteroatoms. The summed E-state index contributed by atoms with van der Waals surface area (Å²) in [4.78, 5) is 0. The van der Waals surface area contributed by atoms with E-state index >= 15 is 0 Å². The lowest BCUT2D eigenvalue weighted by Crippen LogP contribution is -2.06.